The first-order valence-corrected chi connectivity index (χ1v) is 8.41. The SMILES string of the molecule is Cc1nc(COc2ccccc2C(=O)N(C)Cc2ccc(Cl)cc2)no1. The van der Waals surface area contributed by atoms with Gasteiger partial charge in [0.1, 0.15) is 5.75 Å². The van der Waals surface area contributed by atoms with E-state index < -0.39 is 0 Å². The lowest BCUT2D eigenvalue weighted by Gasteiger charge is -2.19. The maximum atomic E-state index is 12.8. The van der Waals surface area contributed by atoms with E-state index in [1.165, 1.54) is 0 Å². The van der Waals surface area contributed by atoms with Crippen molar-refractivity contribution < 1.29 is 14.1 Å². The lowest BCUT2D eigenvalue weighted by molar-refractivity contribution is 0.0780. The summed E-state index contributed by atoms with van der Waals surface area (Å²) in [6.07, 6.45) is 0. The van der Waals surface area contributed by atoms with E-state index in [2.05, 4.69) is 10.1 Å². The van der Waals surface area contributed by atoms with Gasteiger partial charge in [0.05, 0.1) is 5.56 Å². The maximum absolute atomic E-state index is 12.8. The standard InChI is InChI=1S/C19H18ClN3O3/c1-13-21-18(22-26-13)12-25-17-6-4-3-5-16(17)19(24)23(2)11-14-7-9-15(20)10-8-14/h3-10H,11-12H2,1-2H3. The lowest BCUT2D eigenvalue weighted by Crippen LogP contribution is -2.26. The zero-order valence-corrected chi connectivity index (χ0v) is 15.2. The Hall–Kier alpha value is -2.86. The predicted molar refractivity (Wildman–Crippen MR) is 97.1 cm³/mol. The number of aryl methyl sites for hydroxylation is 1. The number of rotatable bonds is 6. The van der Waals surface area contributed by atoms with Crippen LogP contribution in [0.2, 0.25) is 5.02 Å². The number of ether oxygens (including phenoxy) is 1. The third-order valence-corrected chi connectivity index (χ3v) is 3.98. The molecule has 0 bridgehead atoms. The van der Waals surface area contributed by atoms with Gasteiger partial charge in [-0.05, 0) is 29.8 Å². The Morgan fingerprint density at radius 2 is 1.92 bits per heavy atom. The molecule has 0 aliphatic carbocycles. The molecule has 2 aromatic carbocycles. The molecule has 0 saturated heterocycles. The zero-order valence-electron chi connectivity index (χ0n) is 14.5. The van der Waals surface area contributed by atoms with Crippen molar-refractivity contribution >= 4 is 17.5 Å². The smallest absolute Gasteiger partial charge is 0.257 e. The average molecular weight is 372 g/mol. The van der Waals surface area contributed by atoms with Crippen molar-refractivity contribution in [1.29, 1.82) is 0 Å². The van der Waals surface area contributed by atoms with Crippen LogP contribution in [0.5, 0.6) is 5.75 Å². The first-order valence-electron chi connectivity index (χ1n) is 8.04. The van der Waals surface area contributed by atoms with Gasteiger partial charge in [0.25, 0.3) is 5.91 Å². The molecular weight excluding hydrogens is 354 g/mol. The number of benzene rings is 2. The molecule has 0 fully saturated rings. The molecule has 7 heteroatoms. The zero-order chi connectivity index (χ0) is 18.5. The minimum absolute atomic E-state index is 0.128. The summed E-state index contributed by atoms with van der Waals surface area (Å²) in [7, 11) is 1.75. The molecule has 0 N–H and O–H groups in total. The van der Waals surface area contributed by atoms with Crippen LogP contribution in [0.3, 0.4) is 0 Å². The molecule has 0 saturated carbocycles. The maximum Gasteiger partial charge on any atom is 0.257 e. The second-order valence-electron chi connectivity index (χ2n) is 5.80. The summed E-state index contributed by atoms with van der Waals surface area (Å²) < 4.78 is 10.6. The van der Waals surface area contributed by atoms with E-state index in [-0.39, 0.29) is 12.5 Å². The van der Waals surface area contributed by atoms with Gasteiger partial charge in [-0.3, -0.25) is 4.79 Å². The molecule has 1 heterocycles. The molecule has 0 unspecified atom stereocenters. The first-order chi connectivity index (χ1) is 12.5. The topological polar surface area (TPSA) is 68.5 Å². The van der Waals surface area contributed by atoms with Gasteiger partial charge in [-0.25, -0.2) is 0 Å². The Labute approximate surface area is 156 Å². The van der Waals surface area contributed by atoms with Crippen LogP contribution in [0.15, 0.2) is 53.1 Å². The highest BCUT2D eigenvalue weighted by Gasteiger charge is 2.17. The van der Waals surface area contributed by atoms with Crippen molar-refractivity contribution in [2.75, 3.05) is 7.05 Å². The van der Waals surface area contributed by atoms with Gasteiger partial charge in [0.2, 0.25) is 11.7 Å². The van der Waals surface area contributed by atoms with E-state index in [9.17, 15) is 4.79 Å². The second kappa shape index (κ2) is 8.01. The Morgan fingerprint density at radius 1 is 1.19 bits per heavy atom. The van der Waals surface area contributed by atoms with E-state index in [1.54, 1.807) is 49.2 Å². The van der Waals surface area contributed by atoms with Crippen molar-refractivity contribution in [3.8, 4) is 5.75 Å². The highest BCUT2D eigenvalue weighted by Crippen LogP contribution is 2.21. The summed E-state index contributed by atoms with van der Waals surface area (Å²) in [5, 5.41) is 4.45. The molecular formula is C19H18ClN3O3. The Balaban J connectivity index is 1.71. The van der Waals surface area contributed by atoms with E-state index in [4.69, 9.17) is 20.9 Å². The highest BCUT2D eigenvalue weighted by molar-refractivity contribution is 6.30. The van der Waals surface area contributed by atoms with Crippen LogP contribution in [0.4, 0.5) is 0 Å². The van der Waals surface area contributed by atoms with E-state index in [0.29, 0.717) is 34.6 Å². The number of nitrogens with zero attached hydrogens (tertiary/aromatic N) is 3. The normalized spacial score (nSPS) is 10.6. The molecule has 6 nitrogen and oxygen atoms in total. The Bertz CT molecular complexity index is 893. The lowest BCUT2D eigenvalue weighted by atomic mass is 10.1. The molecule has 134 valence electrons. The number of amides is 1. The fraction of sp³-hybridized carbons (Fsp3) is 0.211. The molecule has 3 rings (SSSR count). The minimum atomic E-state index is -0.139. The molecule has 3 aromatic rings. The summed E-state index contributed by atoms with van der Waals surface area (Å²) in [4.78, 5) is 18.5. The molecule has 0 radical (unpaired) electrons. The number of para-hydroxylation sites is 1. The van der Waals surface area contributed by atoms with Gasteiger partial charge in [-0.1, -0.05) is 41.0 Å². The van der Waals surface area contributed by atoms with Crippen molar-refractivity contribution in [3.05, 3.63) is 76.4 Å². The quantitative estimate of drug-likeness (QED) is 0.657. The summed E-state index contributed by atoms with van der Waals surface area (Å²) in [5.74, 6) is 1.23. The third kappa shape index (κ3) is 4.40. The minimum Gasteiger partial charge on any atom is -0.485 e. The largest absolute Gasteiger partial charge is 0.485 e. The summed E-state index contributed by atoms with van der Waals surface area (Å²) in [6, 6.07) is 14.5. The predicted octanol–water partition coefficient (Wildman–Crippen LogP) is 3.88. The van der Waals surface area contributed by atoms with Crippen molar-refractivity contribution in [2.45, 2.75) is 20.1 Å². The van der Waals surface area contributed by atoms with Crippen LogP contribution in [0, 0.1) is 6.92 Å². The molecule has 1 amide bonds. The van der Waals surface area contributed by atoms with Crippen LogP contribution < -0.4 is 4.74 Å². The Kier molecular flexibility index (Phi) is 5.53. The first kappa shape index (κ1) is 17.9. The van der Waals surface area contributed by atoms with Crippen LogP contribution in [0.1, 0.15) is 27.6 Å². The van der Waals surface area contributed by atoms with Gasteiger partial charge in [0.15, 0.2) is 6.61 Å². The number of carbonyl (C=O) groups is 1. The van der Waals surface area contributed by atoms with Gasteiger partial charge in [-0.2, -0.15) is 4.98 Å². The summed E-state index contributed by atoms with van der Waals surface area (Å²) in [6.45, 7) is 2.30. The molecule has 0 spiro atoms. The number of aromatic nitrogens is 2. The van der Waals surface area contributed by atoms with Crippen molar-refractivity contribution in [1.82, 2.24) is 15.0 Å². The Morgan fingerprint density at radius 3 is 2.62 bits per heavy atom. The van der Waals surface area contributed by atoms with Crippen LogP contribution >= 0.6 is 11.6 Å². The van der Waals surface area contributed by atoms with Crippen LogP contribution in [-0.4, -0.2) is 28.0 Å². The fourth-order valence-electron chi connectivity index (χ4n) is 2.45. The van der Waals surface area contributed by atoms with Crippen molar-refractivity contribution in [2.24, 2.45) is 0 Å². The number of hydrogen-bond acceptors (Lipinski definition) is 5. The van der Waals surface area contributed by atoms with Gasteiger partial charge in [0, 0.05) is 25.5 Å². The van der Waals surface area contributed by atoms with Crippen LogP contribution in [0.25, 0.3) is 0 Å². The molecule has 0 atom stereocenters. The van der Waals surface area contributed by atoms with Gasteiger partial charge in [-0.15, -0.1) is 0 Å². The number of carbonyl (C=O) groups excluding carboxylic acids is 1. The monoisotopic (exact) mass is 371 g/mol. The molecule has 26 heavy (non-hydrogen) atoms. The third-order valence-electron chi connectivity index (χ3n) is 3.72. The molecule has 0 aliphatic heterocycles. The fourth-order valence-corrected chi connectivity index (χ4v) is 2.58. The van der Waals surface area contributed by atoms with Gasteiger partial charge < -0.3 is 14.2 Å². The second-order valence-corrected chi connectivity index (χ2v) is 6.24. The number of hydrogen-bond donors (Lipinski definition) is 0. The highest BCUT2D eigenvalue weighted by atomic mass is 35.5. The summed E-state index contributed by atoms with van der Waals surface area (Å²) >= 11 is 5.90. The number of halogens is 1. The summed E-state index contributed by atoms with van der Waals surface area (Å²) in [5.41, 5.74) is 1.47. The van der Waals surface area contributed by atoms with Crippen LogP contribution in [-0.2, 0) is 13.2 Å². The molecule has 1 aromatic heterocycles. The van der Waals surface area contributed by atoms with E-state index >= 15 is 0 Å². The van der Waals surface area contributed by atoms with E-state index in [1.807, 2.05) is 18.2 Å². The van der Waals surface area contributed by atoms with Gasteiger partial charge >= 0.3 is 0 Å². The molecule has 0 aliphatic rings. The van der Waals surface area contributed by atoms with E-state index in [0.717, 1.165) is 5.56 Å². The van der Waals surface area contributed by atoms with Crippen molar-refractivity contribution in [3.63, 3.8) is 0 Å². The average Bonchev–Trinajstić information content (AvgIpc) is 3.07.